The van der Waals surface area contributed by atoms with Crippen molar-refractivity contribution in [2.24, 2.45) is 0 Å². The molecule has 0 radical (unpaired) electrons. The molecule has 0 fully saturated rings. The van der Waals surface area contributed by atoms with Crippen LogP contribution in [0.3, 0.4) is 0 Å². The number of hydrogen-bond acceptors (Lipinski definition) is 4. The summed E-state index contributed by atoms with van der Waals surface area (Å²) in [4.78, 5) is 19.1. The number of rotatable bonds is 4. The van der Waals surface area contributed by atoms with Gasteiger partial charge in [-0.25, -0.2) is 4.98 Å². The molecule has 0 aliphatic heterocycles. The van der Waals surface area contributed by atoms with Gasteiger partial charge in [0.2, 0.25) is 11.2 Å². The minimum Gasteiger partial charge on any atom is -0.439 e. The second-order valence-electron chi connectivity index (χ2n) is 3.57. The molecule has 2 rings (SSSR count). The zero-order valence-corrected chi connectivity index (χ0v) is 10.5. The molecule has 0 amide bonds. The normalized spacial score (nSPS) is 10.1. The first-order valence-electron chi connectivity index (χ1n) is 5.48. The lowest BCUT2D eigenvalue weighted by atomic mass is 10.1. The van der Waals surface area contributed by atoms with E-state index in [1.165, 1.54) is 6.20 Å². The third kappa shape index (κ3) is 3.05. The average Bonchev–Trinajstić information content (AvgIpc) is 2.39. The maximum absolute atomic E-state index is 11.4. The molecule has 1 aromatic carbocycles. The van der Waals surface area contributed by atoms with Crippen LogP contribution in [0.15, 0.2) is 36.5 Å². The molecule has 4 nitrogen and oxygen atoms in total. The Morgan fingerprint density at radius 1 is 1.28 bits per heavy atom. The van der Waals surface area contributed by atoms with Gasteiger partial charge < -0.3 is 4.74 Å². The highest BCUT2D eigenvalue weighted by molar-refractivity contribution is 6.28. The van der Waals surface area contributed by atoms with E-state index in [4.69, 9.17) is 16.3 Å². The molecule has 18 heavy (non-hydrogen) atoms. The van der Waals surface area contributed by atoms with Gasteiger partial charge in [0, 0.05) is 24.2 Å². The smallest absolute Gasteiger partial charge is 0.225 e. The molecule has 0 saturated carbocycles. The molecule has 0 unspecified atom stereocenters. The zero-order valence-electron chi connectivity index (χ0n) is 9.76. The number of halogens is 1. The van der Waals surface area contributed by atoms with Crippen LogP contribution in [-0.4, -0.2) is 15.8 Å². The van der Waals surface area contributed by atoms with Gasteiger partial charge in [0.25, 0.3) is 0 Å². The van der Waals surface area contributed by atoms with E-state index in [1.54, 1.807) is 30.3 Å². The summed E-state index contributed by atoms with van der Waals surface area (Å²) in [7, 11) is 0. The summed E-state index contributed by atoms with van der Waals surface area (Å²) in [6, 6.07) is 8.50. The molecular formula is C13H11ClN2O2. The molecule has 0 aliphatic carbocycles. The number of benzene rings is 1. The first-order chi connectivity index (χ1) is 8.69. The highest BCUT2D eigenvalue weighted by Gasteiger charge is 2.04. The third-order valence-electron chi connectivity index (χ3n) is 2.32. The van der Waals surface area contributed by atoms with Crippen LogP contribution in [0.25, 0.3) is 0 Å². The molecule has 0 atom stereocenters. The molecule has 0 N–H and O–H groups in total. The van der Waals surface area contributed by atoms with Crippen LogP contribution in [0.2, 0.25) is 5.28 Å². The lowest BCUT2D eigenvalue weighted by molar-refractivity contribution is 0.0988. The Kier molecular flexibility index (Phi) is 3.89. The van der Waals surface area contributed by atoms with Crippen molar-refractivity contribution in [1.82, 2.24) is 9.97 Å². The molecular weight excluding hydrogens is 252 g/mol. The predicted molar refractivity (Wildman–Crippen MR) is 68.2 cm³/mol. The van der Waals surface area contributed by atoms with Crippen molar-refractivity contribution in [3.63, 3.8) is 0 Å². The maximum Gasteiger partial charge on any atom is 0.225 e. The minimum absolute atomic E-state index is 0.103. The average molecular weight is 263 g/mol. The van der Waals surface area contributed by atoms with Gasteiger partial charge in [-0.15, -0.1) is 0 Å². The number of aromatic nitrogens is 2. The summed E-state index contributed by atoms with van der Waals surface area (Å²) >= 11 is 5.65. The first-order valence-corrected chi connectivity index (χ1v) is 5.86. The number of carbonyl (C=O) groups is 1. The van der Waals surface area contributed by atoms with E-state index in [2.05, 4.69) is 9.97 Å². The lowest BCUT2D eigenvalue weighted by Crippen LogP contribution is -1.96. The largest absolute Gasteiger partial charge is 0.439 e. The third-order valence-corrected chi connectivity index (χ3v) is 2.50. The van der Waals surface area contributed by atoms with Crippen LogP contribution in [-0.2, 0) is 0 Å². The first kappa shape index (κ1) is 12.5. The van der Waals surface area contributed by atoms with Crippen LogP contribution in [0.1, 0.15) is 23.7 Å². The monoisotopic (exact) mass is 262 g/mol. The van der Waals surface area contributed by atoms with Gasteiger partial charge in [-0.2, -0.15) is 4.98 Å². The van der Waals surface area contributed by atoms with Gasteiger partial charge >= 0.3 is 0 Å². The molecule has 0 spiro atoms. The number of ketones is 1. The molecule has 1 heterocycles. The van der Waals surface area contributed by atoms with Crippen molar-refractivity contribution in [3.8, 4) is 11.6 Å². The fourth-order valence-electron chi connectivity index (χ4n) is 1.41. The van der Waals surface area contributed by atoms with Gasteiger partial charge in [0.15, 0.2) is 5.78 Å². The van der Waals surface area contributed by atoms with Gasteiger partial charge in [-0.05, 0) is 35.9 Å². The van der Waals surface area contributed by atoms with Gasteiger partial charge in [0.1, 0.15) is 5.75 Å². The van der Waals surface area contributed by atoms with E-state index in [1.807, 2.05) is 6.92 Å². The fourth-order valence-corrected chi connectivity index (χ4v) is 1.55. The quantitative estimate of drug-likeness (QED) is 0.625. The van der Waals surface area contributed by atoms with E-state index >= 15 is 0 Å². The SMILES string of the molecule is CCC(=O)c1ccc(Oc2ccnc(Cl)n2)cc1. The molecule has 0 aliphatic rings. The van der Waals surface area contributed by atoms with Crippen LogP contribution in [0, 0.1) is 0 Å². The predicted octanol–water partition coefficient (Wildman–Crippen LogP) is 3.52. The highest BCUT2D eigenvalue weighted by Crippen LogP contribution is 2.20. The van der Waals surface area contributed by atoms with Crippen molar-refractivity contribution >= 4 is 17.4 Å². The van der Waals surface area contributed by atoms with Crippen LogP contribution in [0.4, 0.5) is 0 Å². The molecule has 1 aromatic heterocycles. The standard InChI is InChI=1S/C13H11ClN2O2/c1-2-11(17)9-3-5-10(6-4-9)18-12-7-8-15-13(14)16-12/h3-8H,2H2,1H3. The van der Waals surface area contributed by atoms with Crippen LogP contribution < -0.4 is 4.74 Å². The van der Waals surface area contributed by atoms with Crippen molar-refractivity contribution in [1.29, 1.82) is 0 Å². The van der Waals surface area contributed by atoms with Crippen LogP contribution in [0.5, 0.6) is 11.6 Å². The van der Waals surface area contributed by atoms with E-state index in [0.717, 1.165) is 0 Å². The number of hydrogen-bond donors (Lipinski definition) is 0. The summed E-state index contributed by atoms with van der Waals surface area (Å²) in [5.74, 6) is 1.06. The van der Waals surface area contributed by atoms with Crippen LogP contribution >= 0.6 is 11.6 Å². The van der Waals surface area contributed by atoms with Gasteiger partial charge in [0.05, 0.1) is 0 Å². The highest BCUT2D eigenvalue weighted by atomic mass is 35.5. The van der Waals surface area contributed by atoms with Crippen molar-refractivity contribution in [2.45, 2.75) is 13.3 Å². The van der Waals surface area contributed by atoms with Gasteiger partial charge in [-0.1, -0.05) is 6.92 Å². The van der Waals surface area contributed by atoms with Crippen molar-refractivity contribution < 1.29 is 9.53 Å². The summed E-state index contributed by atoms with van der Waals surface area (Å²) in [5.41, 5.74) is 0.672. The molecule has 0 saturated heterocycles. The molecule has 2 aromatic rings. The van der Waals surface area contributed by atoms with E-state index in [9.17, 15) is 4.79 Å². The number of Topliss-reactive ketones (excluding diaryl/α,β-unsaturated/α-hetero) is 1. The van der Waals surface area contributed by atoms with E-state index in [0.29, 0.717) is 23.6 Å². The summed E-state index contributed by atoms with van der Waals surface area (Å²) < 4.78 is 5.48. The Labute approximate surface area is 110 Å². The summed E-state index contributed by atoms with van der Waals surface area (Å²) in [6.45, 7) is 1.83. The fraction of sp³-hybridized carbons (Fsp3) is 0.154. The Hall–Kier alpha value is -1.94. The number of carbonyl (C=O) groups excluding carboxylic acids is 1. The maximum atomic E-state index is 11.4. The van der Waals surface area contributed by atoms with Gasteiger partial charge in [-0.3, -0.25) is 4.79 Å². The summed E-state index contributed by atoms with van der Waals surface area (Å²) in [6.07, 6.45) is 2.00. The molecule has 0 bridgehead atoms. The second kappa shape index (κ2) is 5.60. The second-order valence-corrected chi connectivity index (χ2v) is 3.91. The number of nitrogens with zero attached hydrogens (tertiary/aromatic N) is 2. The number of ether oxygens (including phenoxy) is 1. The Morgan fingerprint density at radius 2 is 2.00 bits per heavy atom. The van der Waals surface area contributed by atoms with Crippen molar-refractivity contribution in [3.05, 3.63) is 47.4 Å². The Balaban J connectivity index is 2.13. The van der Waals surface area contributed by atoms with Crippen molar-refractivity contribution in [2.75, 3.05) is 0 Å². The zero-order chi connectivity index (χ0) is 13.0. The van der Waals surface area contributed by atoms with E-state index in [-0.39, 0.29) is 11.1 Å². The molecule has 92 valence electrons. The topological polar surface area (TPSA) is 52.1 Å². The molecule has 5 heteroatoms. The van der Waals surface area contributed by atoms with E-state index < -0.39 is 0 Å². The lowest BCUT2D eigenvalue weighted by Gasteiger charge is -2.05. The Morgan fingerprint density at radius 3 is 2.61 bits per heavy atom. The minimum atomic E-state index is 0.103. The Bertz CT molecular complexity index is 555. The summed E-state index contributed by atoms with van der Waals surface area (Å²) in [5, 5.41) is 0.130.